The lowest BCUT2D eigenvalue weighted by Crippen LogP contribution is -2.75. The van der Waals surface area contributed by atoms with Crippen molar-refractivity contribution in [2.45, 2.75) is 45.3 Å². The smallest absolute Gasteiger partial charge is 0.240 e. The predicted molar refractivity (Wildman–Crippen MR) is 98.1 cm³/mol. The number of nitrogens with one attached hydrogen (secondary N) is 1. The summed E-state index contributed by atoms with van der Waals surface area (Å²) in [5, 5.41) is 2.93. The van der Waals surface area contributed by atoms with E-state index in [4.69, 9.17) is 10.5 Å². The Bertz CT molecular complexity index is 832. The molecule has 1 aromatic carbocycles. The maximum absolute atomic E-state index is 13.3. The number of nitrogens with two attached hydrogens (primary N) is 1. The molecule has 6 nitrogen and oxygen atoms in total. The second-order valence-corrected chi connectivity index (χ2v) is 7.57. The number of imidazole rings is 1. The van der Waals surface area contributed by atoms with Crippen LogP contribution in [0.2, 0.25) is 0 Å². The van der Waals surface area contributed by atoms with Crippen LogP contribution in [0.5, 0.6) is 0 Å². The number of aromatic nitrogens is 2. The molecule has 1 aromatic heterocycles. The molecule has 0 bridgehead atoms. The summed E-state index contributed by atoms with van der Waals surface area (Å²) in [5.41, 5.74) is 6.51. The van der Waals surface area contributed by atoms with E-state index in [0.717, 1.165) is 11.3 Å². The van der Waals surface area contributed by atoms with Gasteiger partial charge in [-0.2, -0.15) is 0 Å². The SMILES string of the molecule is CCOC1CC(N)(C(=O)NCCc2nc3cc(F)ccc3n2C)C1(C)C. The van der Waals surface area contributed by atoms with Gasteiger partial charge in [-0.3, -0.25) is 4.79 Å². The quantitative estimate of drug-likeness (QED) is 0.822. The number of carbonyl (C=O) groups is 1. The predicted octanol–water partition coefficient (Wildman–Crippen LogP) is 1.90. The summed E-state index contributed by atoms with van der Waals surface area (Å²) in [5.74, 6) is 0.317. The van der Waals surface area contributed by atoms with Crippen LogP contribution in [-0.4, -0.2) is 40.3 Å². The molecule has 7 heteroatoms. The molecule has 1 aliphatic rings. The Balaban J connectivity index is 1.62. The molecule has 1 aliphatic carbocycles. The summed E-state index contributed by atoms with van der Waals surface area (Å²) in [6.07, 6.45) is 1.06. The fourth-order valence-corrected chi connectivity index (χ4v) is 3.71. The Labute approximate surface area is 152 Å². The lowest BCUT2D eigenvalue weighted by molar-refractivity contribution is -0.170. The first-order valence-corrected chi connectivity index (χ1v) is 9.00. The van der Waals surface area contributed by atoms with Gasteiger partial charge >= 0.3 is 0 Å². The second kappa shape index (κ2) is 6.63. The lowest BCUT2D eigenvalue weighted by Gasteiger charge is -2.57. The lowest BCUT2D eigenvalue weighted by atomic mass is 9.54. The average molecular weight is 362 g/mol. The second-order valence-electron chi connectivity index (χ2n) is 7.57. The number of ether oxygens (including phenoxy) is 1. The Morgan fingerprint density at radius 3 is 2.88 bits per heavy atom. The van der Waals surface area contributed by atoms with E-state index in [1.165, 1.54) is 12.1 Å². The zero-order chi connectivity index (χ0) is 19.1. The molecule has 0 saturated heterocycles. The molecular weight excluding hydrogens is 335 g/mol. The van der Waals surface area contributed by atoms with Gasteiger partial charge in [0.05, 0.1) is 17.1 Å². The molecule has 1 fully saturated rings. The molecule has 2 aromatic rings. The molecule has 2 unspecified atom stereocenters. The Morgan fingerprint density at radius 2 is 2.23 bits per heavy atom. The number of benzene rings is 1. The molecule has 26 heavy (non-hydrogen) atoms. The molecule has 0 spiro atoms. The molecule has 3 N–H and O–H groups in total. The van der Waals surface area contributed by atoms with Crippen LogP contribution in [0.25, 0.3) is 11.0 Å². The van der Waals surface area contributed by atoms with E-state index in [-0.39, 0.29) is 17.8 Å². The normalized spacial score (nSPS) is 24.5. The van der Waals surface area contributed by atoms with E-state index in [2.05, 4.69) is 10.3 Å². The first kappa shape index (κ1) is 18.8. The highest BCUT2D eigenvalue weighted by Gasteiger charge is 2.62. The third kappa shape index (κ3) is 2.89. The molecule has 142 valence electrons. The highest BCUT2D eigenvalue weighted by Crippen LogP contribution is 2.49. The number of halogens is 1. The van der Waals surface area contributed by atoms with Gasteiger partial charge in [0, 0.05) is 44.5 Å². The number of fused-ring (bicyclic) bond motifs is 1. The van der Waals surface area contributed by atoms with Crippen LogP contribution < -0.4 is 11.1 Å². The van der Waals surface area contributed by atoms with Crippen molar-refractivity contribution in [3.8, 4) is 0 Å². The molecular formula is C19H27FN4O2. The summed E-state index contributed by atoms with van der Waals surface area (Å²) in [6, 6.07) is 4.54. The molecule has 1 heterocycles. The molecule has 1 amide bonds. The van der Waals surface area contributed by atoms with Crippen LogP contribution >= 0.6 is 0 Å². The summed E-state index contributed by atoms with van der Waals surface area (Å²) in [7, 11) is 1.89. The maximum Gasteiger partial charge on any atom is 0.240 e. The van der Waals surface area contributed by atoms with E-state index in [1.807, 2.05) is 32.4 Å². The van der Waals surface area contributed by atoms with E-state index >= 15 is 0 Å². The van der Waals surface area contributed by atoms with Gasteiger partial charge in [0.25, 0.3) is 0 Å². The van der Waals surface area contributed by atoms with Crippen molar-refractivity contribution in [3.63, 3.8) is 0 Å². The first-order chi connectivity index (χ1) is 12.2. The fourth-order valence-electron chi connectivity index (χ4n) is 3.71. The summed E-state index contributed by atoms with van der Waals surface area (Å²) >= 11 is 0. The minimum absolute atomic E-state index is 0.00186. The van der Waals surface area contributed by atoms with Gasteiger partial charge in [0.1, 0.15) is 17.2 Å². The summed E-state index contributed by atoms with van der Waals surface area (Å²) < 4.78 is 20.9. The topological polar surface area (TPSA) is 82.2 Å². The van der Waals surface area contributed by atoms with Crippen molar-refractivity contribution in [2.24, 2.45) is 18.2 Å². The Kier molecular flexibility index (Phi) is 4.79. The number of carbonyl (C=O) groups excluding carboxylic acids is 1. The minimum atomic E-state index is -0.928. The van der Waals surface area contributed by atoms with Gasteiger partial charge in [0.15, 0.2) is 0 Å². The van der Waals surface area contributed by atoms with E-state index in [1.54, 1.807) is 6.07 Å². The van der Waals surface area contributed by atoms with Crippen LogP contribution in [0, 0.1) is 11.2 Å². The van der Waals surface area contributed by atoms with Crippen molar-refractivity contribution in [1.29, 1.82) is 0 Å². The zero-order valence-electron chi connectivity index (χ0n) is 15.8. The average Bonchev–Trinajstić information content (AvgIpc) is 2.89. The number of amides is 1. The highest BCUT2D eigenvalue weighted by molar-refractivity contribution is 5.88. The summed E-state index contributed by atoms with van der Waals surface area (Å²) in [6.45, 7) is 6.91. The minimum Gasteiger partial charge on any atom is -0.378 e. The number of hydrogen-bond donors (Lipinski definition) is 2. The number of hydrogen-bond acceptors (Lipinski definition) is 4. The van der Waals surface area contributed by atoms with E-state index < -0.39 is 11.0 Å². The monoisotopic (exact) mass is 362 g/mol. The number of nitrogens with zero attached hydrogens (tertiary/aromatic N) is 2. The summed E-state index contributed by atoms with van der Waals surface area (Å²) in [4.78, 5) is 17.1. The van der Waals surface area contributed by atoms with Gasteiger partial charge in [-0.05, 0) is 19.1 Å². The Morgan fingerprint density at radius 1 is 1.50 bits per heavy atom. The Hall–Kier alpha value is -1.99. The van der Waals surface area contributed by atoms with Gasteiger partial charge in [-0.1, -0.05) is 13.8 Å². The van der Waals surface area contributed by atoms with Crippen LogP contribution in [0.15, 0.2) is 18.2 Å². The third-order valence-corrected chi connectivity index (χ3v) is 5.80. The van der Waals surface area contributed by atoms with E-state index in [9.17, 15) is 9.18 Å². The molecule has 0 aliphatic heterocycles. The standard InChI is InChI=1S/C19H27FN4O2/c1-5-26-15-11-19(21,18(15,2)3)17(25)22-9-8-16-23-13-10-12(20)6-7-14(13)24(16)4/h6-7,10,15H,5,8-9,11,21H2,1-4H3,(H,22,25). The number of rotatable bonds is 6. The highest BCUT2D eigenvalue weighted by atomic mass is 19.1. The van der Waals surface area contributed by atoms with Crippen molar-refractivity contribution < 1.29 is 13.9 Å². The van der Waals surface area contributed by atoms with Crippen molar-refractivity contribution >= 4 is 16.9 Å². The zero-order valence-corrected chi connectivity index (χ0v) is 15.8. The third-order valence-electron chi connectivity index (χ3n) is 5.80. The molecule has 1 saturated carbocycles. The van der Waals surface area contributed by atoms with Gasteiger partial charge in [0.2, 0.25) is 5.91 Å². The first-order valence-electron chi connectivity index (χ1n) is 9.00. The van der Waals surface area contributed by atoms with Gasteiger partial charge in [-0.15, -0.1) is 0 Å². The van der Waals surface area contributed by atoms with Crippen LogP contribution in [0.3, 0.4) is 0 Å². The van der Waals surface area contributed by atoms with E-state index in [0.29, 0.717) is 31.5 Å². The molecule has 0 radical (unpaired) electrons. The van der Waals surface area contributed by atoms with Gasteiger partial charge in [-0.25, -0.2) is 9.37 Å². The van der Waals surface area contributed by atoms with Crippen LogP contribution in [-0.2, 0) is 23.0 Å². The largest absolute Gasteiger partial charge is 0.378 e. The number of aryl methyl sites for hydroxylation is 1. The molecule has 2 atom stereocenters. The van der Waals surface area contributed by atoms with Crippen LogP contribution in [0.4, 0.5) is 4.39 Å². The van der Waals surface area contributed by atoms with Crippen molar-refractivity contribution in [1.82, 2.24) is 14.9 Å². The van der Waals surface area contributed by atoms with Crippen molar-refractivity contribution in [3.05, 3.63) is 29.8 Å². The molecule has 3 rings (SSSR count). The fraction of sp³-hybridized carbons (Fsp3) is 0.579. The van der Waals surface area contributed by atoms with Gasteiger partial charge < -0.3 is 20.4 Å². The van der Waals surface area contributed by atoms with Crippen LogP contribution in [0.1, 0.15) is 33.0 Å². The maximum atomic E-state index is 13.3. The van der Waals surface area contributed by atoms with Crippen molar-refractivity contribution in [2.75, 3.05) is 13.2 Å².